The van der Waals surface area contributed by atoms with Crippen LogP contribution < -0.4 is 5.73 Å². The largest absolute Gasteiger partial charge is 0.371 e. The highest BCUT2D eigenvalue weighted by Gasteiger charge is 2.35. The van der Waals surface area contributed by atoms with Crippen LogP contribution in [0, 0.1) is 0 Å². The summed E-state index contributed by atoms with van der Waals surface area (Å²) in [6, 6.07) is 0. The summed E-state index contributed by atoms with van der Waals surface area (Å²) in [5, 5.41) is 4.00. The minimum absolute atomic E-state index is 0.213. The van der Waals surface area contributed by atoms with Gasteiger partial charge in [0, 0.05) is 13.7 Å². The van der Waals surface area contributed by atoms with Gasteiger partial charge in [-0.25, -0.2) is 0 Å². The van der Waals surface area contributed by atoms with Crippen LogP contribution in [0.4, 0.5) is 0 Å². The molecule has 98 valence electrons. The molecule has 0 amide bonds. The molecule has 0 aliphatic rings. The van der Waals surface area contributed by atoms with Crippen molar-refractivity contribution in [3.8, 4) is 0 Å². The molecule has 1 aromatic rings. The summed E-state index contributed by atoms with van der Waals surface area (Å²) in [7, 11) is 1.63. The predicted molar refractivity (Wildman–Crippen MR) is 65.6 cm³/mol. The van der Waals surface area contributed by atoms with Gasteiger partial charge in [-0.2, -0.15) is 4.98 Å². The maximum absolute atomic E-state index is 5.85. The van der Waals surface area contributed by atoms with Crippen molar-refractivity contribution in [3.05, 3.63) is 11.7 Å². The van der Waals surface area contributed by atoms with Gasteiger partial charge in [0.1, 0.15) is 5.60 Å². The van der Waals surface area contributed by atoms with Crippen LogP contribution in [0.1, 0.15) is 52.3 Å². The molecule has 0 saturated carbocycles. The molecule has 0 aromatic carbocycles. The Hall–Kier alpha value is -0.940. The second-order valence-electron chi connectivity index (χ2n) is 4.83. The molecular weight excluding hydrogens is 218 g/mol. The van der Waals surface area contributed by atoms with Crippen LogP contribution in [0.3, 0.4) is 0 Å². The number of hydrogen-bond donors (Lipinski definition) is 1. The second-order valence-corrected chi connectivity index (χ2v) is 4.83. The molecule has 0 atom stereocenters. The molecule has 2 N–H and O–H groups in total. The van der Waals surface area contributed by atoms with Gasteiger partial charge in [0.2, 0.25) is 11.7 Å². The molecular formula is C12H23N3O2. The fourth-order valence-electron chi connectivity index (χ4n) is 1.70. The number of nitrogens with two attached hydrogens (primary N) is 1. The molecule has 0 radical (unpaired) electrons. The van der Waals surface area contributed by atoms with E-state index in [2.05, 4.69) is 24.0 Å². The van der Waals surface area contributed by atoms with E-state index < -0.39 is 5.60 Å². The van der Waals surface area contributed by atoms with Crippen LogP contribution in [0.25, 0.3) is 0 Å². The molecule has 0 aliphatic carbocycles. The van der Waals surface area contributed by atoms with Gasteiger partial charge in [0.25, 0.3) is 0 Å². The Morgan fingerprint density at radius 3 is 2.29 bits per heavy atom. The van der Waals surface area contributed by atoms with Crippen molar-refractivity contribution in [2.24, 2.45) is 5.73 Å². The molecule has 0 fully saturated rings. The highest BCUT2D eigenvalue weighted by atomic mass is 16.5. The molecule has 5 heteroatoms. The summed E-state index contributed by atoms with van der Waals surface area (Å²) in [6.45, 7) is 8.49. The maximum Gasteiger partial charge on any atom is 0.234 e. The van der Waals surface area contributed by atoms with E-state index >= 15 is 0 Å². The Morgan fingerprint density at radius 2 is 1.88 bits per heavy atom. The third-order valence-corrected chi connectivity index (χ3v) is 3.67. The van der Waals surface area contributed by atoms with E-state index in [1.54, 1.807) is 7.11 Å². The van der Waals surface area contributed by atoms with E-state index in [-0.39, 0.29) is 5.41 Å². The van der Waals surface area contributed by atoms with Crippen molar-refractivity contribution in [1.82, 2.24) is 10.1 Å². The van der Waals surface area contributed by atoms with Crippen molar-refractivity contribution in [1.29, 1.82) is 0 Å². The summed E-state index contributed by atoms with van der Waals surface area (Å²) in [5.74, 6) is 1.18. The zero-order valence-electron chi connectivity index (χ0n) is 11.4. The molecule has 0 saturated heterocycles. The van der Waals surface area contributed by atoms with Crippen LogP contribution in [0.15, 0.2) is 4.52 Å². The van der Waals surface area contributed by atoms with Gasteiger partial charge in [-0.3, -0.25) is 0 Å². The minimum atomic E-state index is -0.538. The lowest BCUT2D eigenvalue weighted by molar-refractivity contribution is 0.00973. The number of ether oxygens (including phenoxy) is 1. The Morgan fingerprint density at radius 1 is 1.29 bits per heavy atom. The lowest BCUT2D eigenvalue weighted by Crippen LogP contribution is -2.34. The second kappa shape index (κ2) is 5.14. The predicted octanol–water partition coefficient (Wildman–Crippen LogP) is 1.97. The van der Waals surface area contributed by atoms with Gasteiger partial charge in [-0.05, 0) is 26.7 Å². The molecule has 5 nitrogen and oxygen atoms in total. The van der Waals surface area contributed by atoms with Crippen LogP contribution in [-0.2, 0) is 15.8 Å². The van der Waals surface area contributed by atoms with Gasteiger partial charge in [0.15, 0.2) is 0 Å². The van der Waals surface area contributed by atoms with E-state index in [0.29, 0.717) is 18.3 Å². The maximum atomic E-state index is 5.85. The highest BCUT2D eigenvalue weighted by Crippen LogP contribution is 2.31. The number of aromatic nitrogens is 2. The zero-order chi connectivity index (χ0) is 13.1. The van der Waals surface area contributed by atoms with Gasteiger partial charge in [0.05, 0.1) is 5.41 Å². The molecule has 0 aliphatic heterocycles. The summed E-state index contributed by atoms with van der Waals surface area (Å²) in [4.78, 5) is 4.46. The molecule has 1 aromatic heterocycles. The Labute approximate surface area is 103 Å². The first kappa shape index (κ1) is 14.1. The molecule has 1 heterocycles. The lowest BCUT2D eigenvalue weighted by atomic mass is 9.82. The molecule has 0 spiro atoms. The first-order valence-electron chi connectivity index (χ1n) is 6.05. The van der Waals surface area contributed by atoms with E-state index in [0.717, 1.165) is 12.8 Å². The Balaban J connectivity index is 3.09. The smallest absolute Gasteiger partial charge is 0.234 e. The first-order chi connectivity index (χ1) is 7.95. The van der Waals surface area contributed by atoms with E-state index in [1.165, 1.54) is 0 Å². The van der Waals surface area contributed by atoms with Crippen LogP contribution in [0.5, 0.6) is 0 Å². The molecule has 17 heavy (non-hydrogen) atoms. The Bertz CT molecular complexity index is 348. The quantitative estimate of drug-likeness (QED) is 0.824. The standard InChI is InChI=1S/C12H23N3O2/c1-6-12(7-2,8-13)10-14-9(15-17-10)11(3,4)16-5/h6-8,13H2,1-5H3. The molecule has 0 unspecified atom stereocenters. The van der Waals surface area contributed by atoms with Gasteiger partial charge in [-0.1, -0.05) is 19.0 Å². The van der Waals surface area contributed by atoms with Crippen molar-refractivity contribution >= 4 is 0 Å². The van der Waals surface area contributed by atoms with Gasteiger partial charge < -0.3 is 15.0 Å². The summed E-state index contributed by atoms with van der Waals surface area (Å²) < 4.78 is 10.7. The van der Waals surface area contributed by atoms with Crippen molar-refractivity contribution < 1.29 is 9.26 Å². The molecule has 1 rings (SSSR count). The fourth-order valence-corrected chi connectivity index (χ4v) is 1.70. The Kier molecular flexibility index (Phi) is 4.27. The van der Waals surface area contributed by atoms with Crippen LogP contribution in [0.2, 0.25) is 0 Å². The van der Waals surface area contributed by atoms with Crippen molar-refractivity contribution in [3.63, 3.8) is 0 Å². The van der Waals surface area contributed by atoms with Crippen LogP contribution in [-0.4, -0.2) is 23.8 Å². The lowest BCUT2D eigenvalue weighted by Gasteiger charge is -2.25. The summed E-state index contributed by atoms with van der Waals surface area (Å²) in [6.07, 6.45) is 1.77. The third kappa shape index (κ3) is 2.50. The topological polar surface area (TPSA) is 74.2 Å². The highest BCUT2D eigenvalue weighted by molar-refractivity contribution is 5.08. The van der Waals surface area contributed by atoms with Crippen LogP contribution >= 0.6 is 0 Å². The average Bonchev–Trinajstić information content (AvgIpc) is 2.83. The molecule has 0 bridgehead atoms. The van der Waals surface area contributed by atoms with Crippen molar-refractivity contribution in [2.45, 2.75) is 51.6 Å². The van der Waals surface area contributed by atoms with E-state index in [4.69, 9.17) is 15.0 Å². The SMILES string of the molecule is CCC(CC)(CN)c1nc(C(C)(C)OC)no1. The summed E-state index contributed by atoms with van der Waals surface area (Å²) in [5.41, 5.74) is 5.10. The van der Waals surface area contributed by atoms with Crippen molar-refractivity contribution in [2.75, 3.05) is 13.7 Å². The zero-order valence-corrected chi connectivity index (χ0v) is 11.4. The van der Waals surface area contributed by atoms with E-state index in [9.17, 15) is 0 Å². The van der Waals surface area contributed by atoms with E-state index in [1.807, 2.05) is 13.8 Å². The number of nitrogens with zero attached hydrogens (tertiary/aromatic N) is 2. The third-order valence-electron chi connectivity index (χ3n) is 3.67. The number of rotatable bonds is 6. The first-order valence-corrected chi connectivity index (χ1v) is 6.05. The average molecular weight is 241 g/mol. The monoisotopic (exact) mass is 241 g/mol. The van der Waals surface area contributed by atoms with Gasteiger partial charge >= 0.3 is 0 Å². The summed E-state index contributed by atoms with van der Waals surface area (Å²) >= 11 is 0. The minimum Gasteiger partial charge on any atom is -0.371 e. The normalized spacial score (nSPS) is 13.1. The number of hydrogen-bond acceptors (Lipinski definition) is 5. The number of methoxy groups -OCH3 is 1. The van der Waals surface area contributed by atoms with Gasteiger partial charge in [-0.15, -0.1) is 0 Å². The fraction of sp³-hybridized carbons (Fsp3) is 0.833.